The average Bonchev–Trinajstić information content (AvgIpc) is 2.90. The van der Waals surface area contributed by atoms with Crippen molar-refractivity contribution in [1.29, 1.82) is 0 Å². The standard InChI is InChI=1S/C20H23N3O/c21-16-9-11-17(12-10-16)24-14-4-13-23-19-8-2-1-7-18(19)22-20(23)15-5-3-6-15/h1-2,7-12,15H,3-6,13-14,21H2. The summed E-state index contributed by atoms with van der Waals surface area (Å²) >= 11 is 0. The Morgan fingerprint density at radius 3 is 2.62 bits per heavy atom. The molecule has 0 unspecified atom stereocenters. The molecule has 0 spiro atoms. The number of hydrogen-bond donors (Lipinski definition) is 1. The quantitative estimate of drug-likeness (QED) is 0.542. The number of para-hydroxylation sites is 2. The maximum atomic E-state index is 5.82. The second-order valence-corrected chi connectivity index (χ2v) is 6.51. The van der Waals surface area contributed by atoms with E-state index >= 15 is 0 Å². The fourth-order valence-electron chi connectivity index (χ4n) is 3.28. The van der Waals surface area contributed by atoms with E-state index in [0.29, 0.717) is 12.5 Å². The van der Waals surface area contributed by atoms with E-state index in [1.54, 1.807) is 0 Å². The monoisotopic (exact) mass is 321 g/mol. The van der Waals surface area contributed by atoms with Crippen molar-refractivity contribution in [3.8, 4) is 5.75 Å². The summed E-state index contributed by atoms with van der Waals surface area (Å²) in [6, 6.07) is 16.0. The maximum absolute atomic E-state index is 5.82. The van der Waals surface area contributed by atoms with Gasteiger partial charge in [-0.25, -0.2) is 4.98 Å². The van der Waals surface area contributed by atoms with Crippen LogP contribution in [-0.4, -0.2) is 16.2 Å². The van der Waals surface area contributed by atoms with Crippen molar-refractivity contribution < 1.29 is 4.74 Å². The summed E-state index contributed by atoms with van der Waals surface area (Å²) in [6.07, 6.45) is 4.83. The highest BCUT2D eigenvalue weighted by Gasteiger charge is 2.25. The molecule has 0 saturated heterocycles. The highest BCUT2D eigenvalue weighted by atomic mass is 16.5. The topological polar surface area (TPSA) is 53.1 Å². The molecule has 1 aliphatic carbocycles. The molecule has 24 heavy (non-hydrogen) atoms. The molecule has 1 heterocycles. The minimum absolute atomic E-state index is 0.635. The highest BCUT2D eigenvalue weighted by molar-refractivity contribution is 5.76. The Balaban J connectivity index is 1.44. The minimum Gasteiger partial charge on any atom is -0.494 e. The zero-order valence-electron chi connectivity index (χ0n) is 13.8. The first kappa shape index (κ1) is 15.1. The number of rotatable bonds is 6. The van der Waals surface area contributed by atoms with Crippen LogP contribution in [0.15, 0.2) is 48.5 Å². The number of fused-ring (bicyclic) bond motifs is 1. The molecule has 1 saturated carbocycles. The molecule has 1 aromatic heterocycles. The zero-order chi connectivity index (χ0) is 16.4. The van der Waals surface area contributed by atoms with Gasteiger partial charge in [0.1, 0.15) is 11.6 Å². The molecule has 4 nitrogen and oxygen atoms in total. The van der Waals surface area contributed by atoms with Gasteiger partial charge in [0.2, 0.25) is 0 Å². The van der Waals surface area contributed by atoms with Gasteiger partial charge in [0.25, 0.3) is 0 Å². The van der Waals surface area contributed by atoms with E-state index in [1.165, 1.54) is 30.6 Å². The van der Waals surface area contributed by atoms with Gasteiger partial charge >= 0.3 is 0 Å². The predicted molar refractivity (Wildman–Crippen MR) is 97.3 cm³/mol. The van der Waals surface area contributed by atoms with Crippen molar-refractivity contribution in [2.75, 3.05) is 12.3 Å². The molecular formula is C20H23N3O. The number of nitrogens with two attached hydrogens (primary N) is 1. The average molecular weight is 321 g/mol. The minimum atomic E-state index is 0.635. The van der Waals surface area contributed by atoms with Crippen molar-refractivity contribution in [2.24, 2.45) is 0 Å². The number of imidazole rings is 1. The van der Waals surface area contributed by atoms with E-state index in [9.17, 15) is 0 Å². The number of nitrogens with zero attached hydrogens (tertiary/aromatic N) is 2. The Morgan fingerprint density at radius 2 is 1.88 bits per heavy atom. The van der Waals surface area contributed by atoms with Crippen molar-refractivity contribution >= 4 is 16.7 Å². The third-order valence-corrected chi connectivity index (χ3v) is 4.83. The molecular weight excluding hydrogens is 298 g/mol. The molecule has 0 bridgehead atoms. The van der Waals surface area contributed by atoms with Crippen LogP contribution >= 0.6 is 0 Å². The smallest absolute Gasteiger partial charge is 0.119 e. The summed E-state index contributed by atoms with van der Waals surface area (Å²) in [6.45, 7) is 1.64. The summed E-state index contributed by atoms with van der Waals surface area (Å²) in [5.41, 5.74) is 8.81. The van der Waals surface area contributed by atoms with E-state index < -0.39 is 0 Å². The first-order chi connectivity index (χ1) is 11.8. The molecule has 1 aliphatic rings. The summed E-state index contributed by atoms with van der Waals surface area (Å²) < 4.78 is 8.22. The first-order valence-electron chi connectivity index (χ1n) is 8.75. The van der Waals surface area contributed by atoms with E-state index in [4.69, 9.17) is 15.5 Å². The predicted octanol–water partition coefficient (Wildman–Crippen LogP) is 4.36. The Morgan fingerprint density at radius 1 is 1.08 bits per heavy atom. The molecule has 0 amide bonds. The van der Waals surface area contributed by atoms with Crippen molar-refractivity contribution in [1.82, 2.24) is 9.55 Å². The van der Waals surface area contributed by atoms with Crippen molar-refractivity contribution in [3.05, 3.63) is 54.4 Å². The first-order valence-corrected chi connectivity index (χ1v) is 8.75. The number of benzene rings is 2. The van der Waals surface area contributed by atoms with Crippen LogP contribution in [0.2, 0.25) is 0 Å². The van der Waals surface area contributed by atoms with Crippen LogP contribution in [-0.2, 0) is 6.54 Å². The Hall–Kier alpha value is -2.49. The van der Waals surface area contributed by atoms with Crippen LogP contribution in [0.25, 0.3) is 11.0 Å². The molecule has 1 fully saturated rings. The molecule has 2 aromatic carbocycles. The van der Waals surface area contributed by atoms with Gasteiger partial charge in [-0.15, -0.1) is 0 Å². The lowest BCUT2D eigenvalue weighted by atomic mass is 9.85. The lowest BCUT2D eigenvalue weighted by Crippen LogP contribution is -2.16. The van der Waals surface area contributed by atoms with Gasteiger partial charge in [-0.05, 0) is 55.7 Å². The SMILES string of the molecule is Nc1ccc(OCCCn2c(C3CCC3)nc3ccccc32)cc1. The van der Waals surface area contributed by atoms with Gasteiger partial charge in [0, 0.05) is 18.2 Å². The number of aromatic nitrogens is 2. The van der Waals surface area contributed by atoms with Crippen LogP contribution in [0.3, 0.4) is 0 Å². The number of ether oxygens (including phenoxy) is 1. The van der Waals surface area contributed by atoms with Gasteiger partial charge in [-0.1, -0.05) is 18.6 Å². The molecule has 124 valence electrons. The zero-order valence-corrected chi connectivity index (χ0v) is 13.8. The van der Waals surface area contributed by atoms with Crippen LogP contribution in [0.5, 0.6) is 5.75 Å². The van der Waals surface area contributed by atoms with Crippen molar-refractivity contribution in [3.63, 3.8) is 0 Å². The summed E-state index contributed by atoms with van der Waals surface area (Å²) in [7, 11) is 0. The molecule has 0 aliphatic heterocycles. The molecule has 4 rings (SSSR count). The van der Waals surface area contributed by atoms with E-state index in [-0.39, 0.29) is 0 Å². The molecule has 0 radical (unpaired) electrons. The molecule has 3 aromatic rings. The van der Waals surface area contributed by atoms with Gasteiger partial charge < -0.3 is 15.0 Å². The van der Waals surface area contributed by atoms with Gasteiger partial charge in [-0.2, -0.15) is 0 Å². The fourth-order valence-corrected chi connectivity index (χ4v) is 3.28. The Labute approximate surface area is 142 Å². The van der Waals surface area contributed by atoms with Gasteiger partial charge in [-0.3, -0.25) is 0 Å². The number of nitrogen functional groups attached to an aromatic ring is 1. The molecule has 4 heteroatoms. The fraction of sp³-hybridized carbons (Fsp3) is 0.350. The highest BCUT2D eigenvalue weighted by Crippen LogP contribution is 2.37. The second-order valence-electron chi connectivity index (χ2n) is 6.51. The third kappa shape index (κ3) is 2.96. The lowest BCUT2D eigenvalue weighted by Gasteiger charge is -2.25. The Kier molecular flexibility index (Phi) is 4.11. The summed E-state index contributed by atoms with van der Waals surface area (Å²) in [5.74, 6) is 2.77. The lowest BCUT2D eigenvalue weighted by molar-refractivity contribution is 0.299. The molecule has 0 atom stereocenters. The Bertz CT molecular complexity index is 819. The molecule has 2 N–H and O–H groups in total. The van der Waals surface area contributed by atoms with E-state index in [2.05, 4.69) is 28.8 Å². The number of aryl methyl sites for hydroxylation is 1. The summed E-state index contributed by atoms with van der Waals surface area (Å²) in [4.78, 5) is 4.89. The second kappa shape index (κ2) is 6.56. The van der Waals surface area contributed by atoms with Crippen LogP contribution in [0.1, 0.15) is 37.4 Å². The largest absolute Gasteiger partial charge is 0.494 e. The van der Waals surface area contributed by atoms with Crippen LogP contribution in [0, 0.1) is 0 Å². The third-order valence-electron chi connectivity index (χ3n) is 4.83. The van der Waals surface area contributed by atoms with E-state index in [1.807, 2.05) is 24.3 Å². The van der Waals surface area contributed by atoms with Crippen LogP contribution in [0.4, 0.5) is 5.69 Å². The van der Waals surface area contributed by atoms with Crippen molar-refractivity contribution in [2.45, 2.75) is 38.1 Å². The van der Waals surface area contributed by atoms with E-state index in [0.717, 1.165) is 29.9 Å². The normalized spacial score (nSPS) is 14.7. The summed E-state index contributed by atoms with van der Waals surface area (Å²) in [5, 5.41) is 0. The maximum Gasteiger partial charge on any atom is 0.119 e. The van der Waals surface area contributed by atoms with Gasteiger partial charge in [0.15, 0.2) is 0 Å². The van der Waals surface area contributed by atoms with Crippen LogP contribution < -0.4 is 10.5 Å². The van der Waals surface area contributed by atoms with Gasteiger partial charge in [0.05, 0.1) is 17.6 Å². The number of anilines is 1. The number of hydrogen-bond acceptors (Lipinski definition) is 3.